The molecule has 2 aromatic rings. The molecule has 0 saturated heterocycles. The first-order valence-corrected chi connectivity index (χ1v) is 11.2. The molecule has 6 nitrogen and oxygen atoms in total. The van der Waals surface area contributed by atoms with E-state index in [0.717, 1.165) is 6.26 Å². The van der Waals surface area contributed by atoms with Crippen molar-refractivity contribution in [3.8, 4) is 5.75 Å². The molecule has 1 amide bonds. The molecule has 152 valence electrons. The molecule has 0 fully saturated rings. The van der Waals surface area contributed by atoms with Crippen LogP contribution in [0.4, 0.5) is 5.69 Å². The van der Waals surface area contributed by atoms with E-state index in [1.54, 1.807) is 49.4 Å². The zero-order valence-electron chi connectivity index (χ0n) is 15.5. The van der Waals surface area contributed by atoms with Crippen LogP contribution in [0, 0.1) is 0 Å². The molecule has 0 aliphatic carbocycles. The molecule has 1 atom stereocenters. The van der Waals surface area contributed by atoms with Crippen molar-refractivity contribution in [2.75, 3.05) is 17.6 Å². The summed E-state index contributed by atoms with van der Waals surface area (Å²) in [5.74, 6) is 0.355. The van der Waals surface area contributed by atoms with E-state index in [1.807, 2.05) is 0 Å². The number of halogens is 2. The van der Waals surface area contributed by atoms with E-state index in [-0.39, 0.29) is 18.4 Å². The first-order chi connectivity index (χ1) is 13.2. The number of ether oxygens (including phenoxy) is 1. The van der Waals surface area contributed by atoms with Gasteiger partial charge < -0.3 is 10.1 Å². The predicted octanol–water partition coefficient (Wildman–Crippen LogP) is 4.40. The quantitative estimate of drug-likeness (QED) is 0.561. The first-order valence-electron chi connectivity index (χ1n) is 8.59. The van der Waals surface area contributed by atoms with Gasteiger partial charge in [-0.3, -0.25) is 9.52 Å². The lowest BCUT2D eigenvalue weighted by atomic mass is 10.1. The Morgan fingerprint density at radius 1 is 1.18 bits per heavy atom. The lowest BCUT2D eigenvalue weighted by molar-refractivity contribution is -0.121. The van der Waals surface area contributed by atoms with E-state index in [9.17, 15) is 13.2 Å². The molecular weight excluding hydrogens is 423 g/mol. The number of benzene rings is 2. The molecule has 0 radical (unpaired) electrons. The Hall–Kier alpha value is -1.96. The number of para-hydroxylation sites is 1. The molecule has 2 N–H and O–H groups in total. The van der Waals surface area contributed by atoms with Gasteiger partial charge in [0.15, 0.2) is 0 Å². The third-order valence-electron chi connectivity index (χ3n) is 3.80. The molecule has 0 spiro atoms. The third-order valence-corrected chi connectivity index (χ3v) is 4.92. The number of rotatable bonds is 9. The standard InChI is InChI=1S/C19H22Cl2N2O4S/c1-13(15-6-3-4-7-17(15)23-28(2,25)26)22-19(24)8-5-11-27-18-10-9-14(20)12-16(18)21/h3-4,6-7,9-10,12-13,23H,5,8,11H2,1-2H3,(H,22,24). The summed E-state index contributed by atoms with van der Waals surface area (Å²) in [5, 5.41) is 3.81. The van der Waals surface area contributed by atoms with E-state index < -0.39 is 10.0 Å². The summed E-state index contributed by atoms with van der Waals surface area (Å²) in [7, 11) is -3.41. The highest BCUT2D eigenvalue weighted by Crippen LogP contribution is 2.27. The van der Waals surface area contributed by atoms with Gasteiger partial charge in [0.2, 0.25) is 15.9 Å². The van der Waals surface area contributed by atoms with Crippen molar-refractivity contribution in [1.82, 2.24) is 5.32 Å². The fraction of sp³-hybridized carbons (Fsp3) is 0.316. The topological polar surface area (TPSA) is 84.5 Å². The Balaban J connectivity index is 1.84. The number of nitrogens with one attached hydrogen (secondary N) is 2. The Morgan fingerprint density at radius 2 is 1.89 bits per heavy atom. The summed E-state index contributed by atoms with van der Waals surface area (Å²) in [5.41, 5.74) is 1.13. The van der Waals surface area contributed by atoms with Crippen molar-refractivity contribution < 1.29 is 17.9 Å². The van der Waals surface area contributed by atoms with E-state index in [2.05, 4.69) is 10.0 Å². The number of carbonyl (C=O) groups is 1. The highest BCUT2D eigenvalue weighted by atomic mass is 35.5. The molecule has 0 heterocycles. The van der Waals surface area contributed by atoms with E-state index in [0.29, 0.717) is 40.1 Å². The lowest BCUT2D eigenvalue weighted by Crippen LogP contribution is -2.27. The zero-order valence-corrected chi connectivity index (χ0v) is 17.9. The van der Waals surface area contributed by atoms with Crippen LogP contribution >= 0.6 is 23.2 Å². The number of carbonyl (C=O) groups excluding carboxylic acids is 1. The van der Waals surface area contributed by atoms with Gasteiger partial charge in [-0.05, 0) is 43.2 Å². The van der Waals surface area contributed by atoms with Crippen LogP contribution < -0.4 is 14.8 Å². The molecular formula is C19H22Cl2N2O4S. The van der Waals surface area contributed by atoms with Crippen molar-refractivity contribution in [3.63, 3.8) is 0 Å². The third kappa shape index (κ3) is 7.22. The number of sulfonamides is 1. The maximum atomic E-state index is 12.2. The van der Waals surface area contributed by atoms with Gasteiger partial charge in [0.25, 0.3) is 0 Å². The number of anilines is 1. The second-order valence-electron chi connectivity index (χ2n) is 6.28. The summed E-state index contributed by atoms with van der Waals surface area (Å²) < 4.78 is 31.0. The molecule has 0 saturated carbocycles. The highest BCUT2D eigenvalue weighted by Gasteiger charge is 2.15. The Kier molecular flexibility index (Phi) is 7.98. The van der Waals surface area contributed by atoms with Crippen LogP contribution in [0.25, 0.3) is 0 Å². The Labute approximate surface area is 175 Å². The summed E-state index contributed by atoms with van der Waals surface area (Å²) in [6, 6.07) is 11.5. The van der Waals surface area contributed by atoms with Gasteiger partial charge in [0.1, 0.15) is 5.75 Å². The fourth-order valence-electron chi connectivity index (χ4n) is 2.57. The molecule has 2 aromatic carbocycles. The van der Waals surface area contributed by atoms with E-state index in [4.69, 9.17) is 27.9 Å². The number of hydrogen-bond donors (Lipinski definition) is 2. The second-order valence-corrected chi connectivity index (χ2v) is 8.87. The van der Waals surface area contributed by atoms with Crippen LogP contribution in [-0.2, 0) is 14.8 Å². The minimum Gasteiger partial charge on any atom is -0.492 e. The van der Waals surface area contributed by atoms with Crippen LogP contribution in [0.15, 0.2) is 42.5 Å². The maximum absolute atomic E-state index is 12.2. The Morgan fingerprint density at radius 3 is 2.57 bits per heavy atom. The average molecular weight is 445 g/mol. The molecule has 28 heavy (non-hydrogen) atoms. The van der Waals surface area contributed by atoms with Gasteiger partial charge in [-0.2, -0.15) is 0 Å². The normalized spacial score (nSPS) is 12.3. The molecule has 9 heteroatoms. The average Bonchev–Trinajstić information content (AvgIpc) is 2.59. The SMILES string of the molecule is CC(NC(=O)CCCOc1ccc(Cl)cc1Cl)c1ccccc1NS(C)(=O)=O. The van der Waals surface area contributed by atoms with Crippen molar-refractivity contribution in [2.24, 2.45) is 0 Å². The second kappa shape index (κ2) is 10.0. The van der Waals surface area contributed by atoms with Gasteiger partial charge in [0.05, 0.1) is 29.6 Å². The zero-order chi connectivity index (χ0) is 20.7. The van der Waals surface area contributed by atoms with Crippen LogP contribution in [0.3, 0.4) is 0 Å². The molecule has 1 unspecified atom stereocenters. The fourth-order valence-corrected chi connectivity index (χ4v) is 3.61. The van der Waals surface area contributed by atoms with Crippen molar-refractivity contribution in [2.45, 2.75) is 25.8 Å². The largest absolute Gasteiger partial charge is 0.492 e. The van der Waals surface area contributed by atoms with Crippen molar-refractivity contribution in [1.29, 1.82) is 0 Å². The first kappa shape index (κ1) is 22.3. The molecule has 0 aliphatic heterocycles. The monoisotopic (exact) mass is 444 g/mol. The van der Waals surface area contributed by atoms with Crippen LogP contribution in [0.5, 0.6) is 5.75 Å². The molecule has 2 rings (SSSR count). The molecule has 0 bridgehead atoms. The smallest absolute Gasteiger partial charge is 0.229 e. The van der Waals surface area contributed by atoms with Gasteiger partial charge in [-0.1, -0.05) is 41.4 Å². The minimum absolute atomic E-state index is 0.160. The van der Waals surface area contributed by atoms with Gasteiger partial charge >= 0.3 is 0 Å². The van der Waals surface area contributed by atoms with Gasteiger partial charge in [0, 0.05) is 11.4 Å². The summed E-state index contributed by atoms with van der Waals surface area (Å²) in [6.07, 6.45) is 1.85. The van der Waals surface area contributed by atoms with Gasteiger partial charge in [-0.25, -0.2) is 8.42 Å². The van der Waals surface area contributed by atoms with E-state index in [1.165, 1.54) is 0 Å². The predicted molar refractivity (Wildman–Crippen MR) is 113 cm³/mol. The summed E-state index contributed by atoms with van der Waals surface area (Å²) >= 11 is 11.9. The summed E-state index contributed by atoms with van der Waals surface area (Å²) in [4.78, 5) is 12.2. The van der Waals surface area contributed by atoms with Crippen molar-refractivity contribution >= 4 is 44.8 Å². The van der Waals surface area contributed by atoms with Crippen LogP contribution in [0.2, 0.25) is 10.0 Å². The molecule has 0 aromatic heterocycles. The lowest BCUT2D eigenvalue weighted by Gasteiger charge is -2.18. The number of amides is 1. The Bertz CT molecular complexity index is 935. The van der Waals surface area contributed by atoms with Crippen LogP contribution in [-0.4, -0.2) is 27.2 Å². The summed E-state index contributed by atoms with van der Waals surface area (Å²) in [6.45, 7) is 2.13. The number of hydrogen-bond acceptors (Lipinski definition) is 4. The maximum Gasteiger partial charge on any atom is 0.229 e. The highest BCUT2D eigenvalue weighted by molar-refractivity contribution is 7.92. The molecule has 0 aliphatic rings. The van der Waals surface area contributed by atoms with Gasteiger partial charge in [-0.15, -0.1) is 0 Å². The van der Waals surface area contributed by atoms with E-state index >= 15 is 0 Å². The van der Waals surface area contributed by atoms with Crippen LogP contribution in [0.1, 0.15) is 31.4 Å². The van der Waals surface area contributed by atoms with Crippen molar-refractivity contribution in [3.05, 3.63) is 58.1 Å². The minimum atomic E-state index is -3.41.